The number of aromatic nitrogens is 1. The number of hydrogen-bond donors (Lipinski definition) is 0. The molecule has 0 bridgehead atoms. The lowest BCUT2D eigenvalue weighted by Gasteiger charge is -2.37. The van der Waals surface area contributed by atoms with Gasteiger partial charge in [-0.1, -0.05) is 6.92 Å². The first kappa shape index (κ1) is 13.7. The number of rotatable bonds is 3. The van der Waals surface area contributed by atoms with Gasteiger partial charge in [0, 0.05) is 26.3 Å². The molecule has 1 aromatic rings. The van der Waals surface area contributed by atoms with Crippen molar-refractivity contribution < 1.29 is 9.66 Å². The molecule has 1 aromatic heterocycles. The van der Waals surface area contributed by atoms with Gasteiger partial charge in [-0.05, 0) is 24.8 Å². The SMILES string of the molecule is COC1CN(c2ncc([N+](=O)[O-])cc2C)CCC1C. The minimum absolute atomic E-state index is 0.0370. The van der Waals surface area contributed by atoms with Crippen molar-refractivity contribution in [1.29, 1.82) is 0 Å². The topological polar surface area (TPSA) is 68.5 Å². The van der Waals surface area contributed by atoms with Gasteiger partial charge in [-0.25, -0.2) is 4.98 Å². The first-order valence-electron chi connectivity index (χ1n) is 6.41. The van der Waals surface area contributed by atoms with Gasteiger partial charge in [0.15, 0.2) is 0 Å². The summed E-state index contributed by atoms with van der Waals surface area (Å²) >= 11 is 0. The first-order chi connectivity index (χ1) is 9.02. The van der Waals surface area contributed by atoms with E-state index in [1.807, 2.05) is 6.92 Å². The summed E-state index contributed by atoms with van der Waals surface area (Å²) < 4.78 is 5.48. The van der Waals surface area contributed by atoms with Gasteiger partial charge in [-0.3, -0.25) is 10.1 Å². The highest BCUT2D eigenvalue weighted by atomic mass is 16.6. The molecule has 0 spiro atoms. The Morgan fingerprint density at radius 1 is 1.58 bits per heavy atom. The summed E-state index contributed by atoms with van der Waals surface area (Å²) in [6, 6.07) is 1.57. The lowest BCUT2D eigenvalue weighted by molar-refractivity contribution is -0.385. The van der Waals surface area contributed by atoms with Gasteiger partial charge in [-0.2, -0.15) is 0 Å². The number of ether oxygens (including phenoxy) is 1. The van der Waals surface area contributed by atoms with E-state index in [0.717, 1.165) is 30.9 Å². The molecule has 2 unspecified atom stereocenters. The number of nitrogens with zero attached hydrogens (tertiary/aromatic N) is 3. The number of pyridine rings is 1. The average molecular weight is 265 g/mol. The zero-order valence-corrected chi connectivity index (χ0v) is 11.5. The lowest BCUT2D eigenvalue weighted by atomic mass is 9.95. The molecule has 0 amide bonds. The Balaban J connectivity index is 2.20. The van der Waals surface area contributed by atoms with E-state index in [1.165, 1.54) is 6.20 Å². The van der Waals surface area contributed by atoms with Crippen molar-refractivity contribution in [3.63, 3.8) is 0 Å². The molecular formula is C13H19N3O3. The summed E-state index contributed by atoms with van der Waals surface area (Å²) in [6.45, 7) is 5.73. The van der Waals surface area contributed by atoms with Crippen LogP contribution in [0.5, 0.6) is 0 Å². The van der Waals surface area contributed by atoms with Crippen molar-refractivity contribution in [2.75, 3.05) is 25.1 Å². The van der Waals surface area contributed by atoms with Crippen molar-refractivity contribution >= 4 is 11.5 Å². The van der Waals surface area contributed by atoms with E-state index >= 15 is 0 Å². The Bertz CT molecular complexity index is 478. The largest absolute Gasteiger partial charge is 0.379 e. The van der Waals surface area contributed by atoms with Crippen LogP contribution in [0.25, 0.3) is 0 Å². The van der Waals surface area contributed by atoms with Gasteiger partial charge < -0.3 is 9.64 Å². The summed E-state index contributed by atoms with van der Waals surface area (Å²) in [5.74, 6) is 1.35. The van der Waals surface area contributed by atoms with Gasteiger partial charge >= 0.3 is 0 Å². The van der Waals surface area contributed by atoms with E-state index in [1.54, 1.807) is 13.2 Å². The average Bonchev–Trinajstić information content (AvgIpc) is 2.39. The molecule has 2 rings (SSSR count). The fourth-order valence-corrected chi connectivity index (χ4v) is 2.52. The predicted molar refractivity (Wildman–Crippen MR) is 72.4 cm³/mol. The molecule has 1 aliphatic rings. The van der Waals surface area contributed by atoms with Gasteiger partial charge in [0.2, 0.25) is 0 Å². The molecule has 0 N–H and O–H groups in total. The predicted octanol–water partition coefficient (Wildman–Crippen LogP) is 2.16. The highest BCUT2D eigenvalue weighted by Gasteiger charge is 2.27. The third-order valence-electron chi connectivity index (χ3n) is 3.74. The third-order valence-corrected chi connectivity index (χ3v) is 3.74. The second-order valence-electron chi connectivity index (χ2n) is 5.08. The van der Waals surface area contributed by atoms with E-state index in [0.29, 0.717) is 5.92 Å². The molecule has 1 saturated heterocycles. The second kappa shape index (κ2) is 5.52. The van der Waals surface area contributed by atoms with Crippen LogP contribution in [0.1, 0.15) is 18.9 Å². The minimum atomic E-state index is -0.417. The van der Waals surface area contributed by atoms with Crippen LogP contribution in [-0.2, 0) is 4.74 Å². The van der Waals surface area contributed by atoms with Crippen LogP contribution in [0.4, 0.5) is 11.5 Å². The smallest absolute Gasteiger partial charge is 0.287 e. The number of hydrogen-bond acceptors (Lipinski definition) is 5. The van der Waals surface area contributed by atoms with Crippen LogP contribution >= 0.6 is 0 Å². The summed E-state index contributed by atoms with van der Waals surface area (Å²) in [5, 5.41) is 10.7. The molecule has 1 fully saturated rings. The van der Waals surface area contributed by atoms with Crippen LogP contribution in [-0.4, -0.2) is 36.2 Å². The molecule has 19 heavy (non-hydrogen) atoms. The van der Waals surface area contributed by atoms with Crippen molar-refractivity contribution in [2.24, 2.45) is 5.92 Å². The van der Waals surface area contributed by atoms with Crippen molar-refractivity contribution in [1.82, 2.24) is 4.98 Å². The maximum Gasteiger partial charge on any atom is 0.287 e. The summed E-state index contributed by atoms with van der Waals surface area (Å²) in [6.07, 6.45) is 2.55. The maximum absolute atomic E-state index is 10.7. The minimum Gasteiger partial charge on any atom is -0.379 e. The van der Waals surface area contributed by atoms with E-state index in [2.05, 4.69) is 16.8 Å². The fourth-order valence-electron chi connectivity index (χ4n) is 2.52. The van der Waals surface area contributed by atoms with Gasteiger partial charge in [0.1, 0.15) is 12.0 Å². The van der Waals surface area contributed by atoms with Crippen molar-refractivity contribution in [3.8, 4) is 0 Å². The number of anilines is 1. The van der Waals surface area contributed by atoms with Crippen LogP contribution in [0.3, 0.4) is 0 Å². The van der Waals surface area contributed by atoms with Crippen LogP contribution < -0.4 is 4.90 Å². The Morgan fingerprint density at radius 2 is 2.32 bits per heavy atom. The molecule has 1 aliphatic heterocycles. The Hall–Kier alpha value is -1.69. The lowest BCUT2D eigenvalue weighted by Crippen LogP contribution is -2.44. The van der Waals surface area contributed by atoms with E-state index in [9.17, 15) is 10.1 Å². The first-order valence-corrected chi connectivity index (χ1v) is 6.41. The zero-order chi connectivity index (χ0) is 14.0. The summed E-state index contributed by atoms with van der Waals surface area (Å²) in [4.78, 5) is 16.7. The molecule has 2 heterocycles. The zero-order valence-electron chi connectivity index (χ0n) is 11.5. The highest BCUT2D eigenvalue weighted by Crippen LogP contribution is 2.27. The molecule has 0 saturated carbocycles. The normalized spacial score (nSPS) is 23.4. The molecule has 6 heteroatoms. The Morgan fingerprint density at radius 3 is 2.89 bits per heavy atom. The monoisotopic (exact) mass is 265 g/mol. The quantitative estimate of drug-likeness (QED) is 0.618. The maximum atomic E-state index is 10.7. The number of piperidine rings is 1. The molecule has 104 valence electrons. The molecular weight excluding hydrogens is 246 g/mol. The standard InChI is InChI=1S/C13H19N3O3/c1-9-4-5-15(8-12(9)19-3)13-10(2)6-11(7-14-13)16(17)18/h6-7,9,12H,4-5,8H2,1-3H3. The summed E-state index contributed by atoms with van der Waals surface area (Å²) in [5.41, 5.74) is 0.869. The van der Waals surface area contributed by atoms with Crippen LogP contribution in [0.15, 0.2) is 12.3 Å². The summed E-state index contributed by atoms with van der Waals surface area (Å²) in [7, 11) is 1.72. The molecule has 2 atom stereocenters. The molecule has 0 aromatic carbocycles. The molecule has 0 radical (unpaired) electrons. The van der Waals surface area contributed by atoms with Crippen molar-refractivity contribution in [2.45, 2.75) is 26.4 Å². The molecule has 6 nitrogen and oxygen atoms in total. The Labute approximate surface area is 112 Å². The van der Waals surface area contributed by atoms with E-state index < -0.39 is 4.92 Å². The fraction of sp³-hybridized carbons (Fsp3) is 0.615. The van der Waals surface area contributed by atoms with Gasteiger partial charge in [-0.15, -0.1) is 0 Å². The third kappa shape index (κ3) is 2.84. The van der Waals surface area contributed by atoms with Crippen LogP contribution in [0, 0.1) is 23.0 Å². The van der Waals surface area contributed by atoms with Gasteiger partial charge in [0.25, 0.3) is 5.69 Å². The van der Waals surface area contributed by atoms with Crippen molar-refractivity contribution in [3.05, 3.63) is 27.9 Å². The number of methoxy groups -OCH3 is 1. The van der Waals surface area contributed by atoms with E-state index in [-0.39, 0.29) is 11.8 Å². The van der Waals surface area contributed by atoms with Crippen LogP contribution in [0.2, 0.25) is 0 Å². The second-order valence-corrected chi connectivity index (χ2v) is 5.08. The highest BCUT2D eigenvalue weighted by molar-refractivity contribution is 5.50. The van der Waals surface area contributed by atoms with Gasteiger partial charge in [0.05, 0.1) is 11.0 Å². The molecule has 0 aliphatic carbocycles. The number of nitro groups is 1. The Kier molecular flexibility index (Phi) is 3.99. The van der Waals surface area contributed by atoms with E-state index in [4.69, 9.17) is 4.74 Å². The number of aryl methyl sites for hydroxylation is 1.